The van der Waals surface area contributed by atoms with Crippen molar-refractivity contribution in [1.29, 1.82) is 0 Å². The fourth-order valence-electron chi connectivity index (χ4n) is 12.3. The minimum Gasteiger partial charge on any atom is -0.469 e. The number of aliphatic hydroxyl groups is 1. The molecule has 4 aliphatic rings. The number of anilines is 2. The molecule has 0 saturated carbocycles. The number of para-hydroxylation sites is 1. The van der Waals surface area contributed by atoms with Gasteiger partial charge < -0.3 is 74.2 Å². The molecule has 3 saturated heterocycles. The molecule has 3 aromatic carbocycles. The number of methoxy groups -OCH3 is 2. The predicted octanol–water partition coefficient (Wildman–Crippen LogP) is 8.98. The molecule has 10 atom stereocenters. The number of aromatic amines is 2. The lowest BCUT2D eigenvalue weighted by Gasteiger charge is -2.30. The maximum atomic E-state index is 16.0. The van der Waals surface area contributed by atoms with Crippen molar-refractivity contribution >= 4 is 60.5 Å². The first kappa shape index (κ1) is 70.6. The Labute approximate surface area is 560 Å². The number of rotatable bonds is 23. The van der Waals surface area contributed by atoms with Gasteiger partial charge in [0.15, 0.2) is 40.4 Å². The number of aliphatic hydroxyl groups excluding tert-OH is 1. The molecule has 0 spiro atoms. The molecule has 0 radical (unpaired) electrons. The standard InChI is InChI=1S/C42H51N7O8.C24H33FN7O7P/c1-23(2)29(19-34(50)54-5)40(51)48-17-7-9-32(48)39-44-21-31(46-39)28-16-15-27(36-37(28)57-22-56-36)25-11-13-26(14-12-25)30-20-43-38(45-30)33-10-8-18-49(33)41(52)35(24(3)4)47-42(53)55-6;1-13(2)37-21(34)14(3)31-40(35,39-15-9-7-6-8-10-15)36-11-16-18(33)24(4,25)22(38-16)32-12-28-17-19(27-5)29-23(26)30-20(17)32/h11-16,20-21,23-24,29,32-33,35H,7-10,17-19,22H2,1-6H3,(H,43,45)(H,44,46)(H,47,53);6-10,12-14,16,18,22,33H,11H2,1-5H3,(H,31,35)(H3,26,27,29,30)/t29-,32-,33-,35-;14-,16+,18+,22+,24+,40-/m00/s1. The molecular formula is C66H84FN14O15P. The predicted molar refractivity (Wildman–Crippen MR) is 353 cm³/mol. The Balaban J connectivity index is 0.000000224. The minimum absolute atomic E-state index is 0.0210. The molecule has 4 aromatic heterocycles. The molecule has 0 aliphatic carbocycles. The number of likely N-dealkylation sites (tertiary alicyclic amines) is 2. The lowest BCUT2D eigenvalue weighted by atomic mass is 9.91. The van der Waals surface area contributed by atoms with Crippen molar-refractivity contribution in [2.45, 2.75) is 142 Å². The molecule has 8 N–H and O–H groups in total. The number of fused-ring (bicyclic) bond motifs is 2. The van der Waals surface area contributed by atoms with Gasteiger partial charge in [-0.05, 0) is 101 Å². The Bertz CT molecular complexity index is 4000. The maximum Gasteiger partial charge on any atom is 0.459 e. The summed E-state index contributed by atoms with van der Waals surface area (Å²) < 4.78 is 74.9. The third-order valence-electron chi connectivity index (χ3n) is 17.4. The number of alkyl halides is 1. The smallest absolute Gasteiger partial charge is 0.459 e. The number of carbonyl (C=O) groups is 5. The third kappa shape index (κ3) is 15.5. The van der Waals surface area contributed by atoms with E-state index in [4.69, 9.17) is 48.2 Å². The summed E-state index contributed by atoms with van der Waals surface area (Å²) in [5, 5.41) is 18.9. The van der Waals surface area contributed by atoms with Crippen LogP contribution in [0.15, 0.2) is 85.5 Å². The van der Waals surface area contributed by atoms with Gasteiger partial charge in [0.2, 0.25) is 24.6 Å². The lowest BCUT2D eigenvalue weighted by Crippen LogP contribution is -2.51. The second kappa shape index (κ2) is 30.0. The number of esters is 2. The molecule has 4 aliphatic heterocycles. The molecule has 0 unspecified atom stereocenters. The van der Waals surface area contributed by atoms with Crippen molar-refractivity contribution in [3.63, 3.8) is 0 Å². The van der Waals surface area contributed by atoms with E-state index in [0.717, 1.165) is 66.2 Å². The average Bonchev–Trinajstić information content (AvgIpc) is 1.62. The molecule has 11 rings (SSSR count). The highest BCUT2D eigenvalue weighted by Gasteiger charge is 2.56. The van der Waals surface area contributed by atoms with Crippen molar-refractivity contribution in [3.8, 4) is 50.9 Å². The number of benzene rings is 3. The highest BCUT2D eigenvalue weighted by molar-refractivity contribution is 7.52. The monoisotopic (exact) mass is 1360 g/mol. The maximum absolute atomic E-state index is 16.0. The number of amides is 3. The normalized spacial score (nSPS) is 21.3. The molecule has 520 valence electrons. The summed E-state index contributed by atoms with van der Waals surface area (Å²) in [6.07, 6.45) is 2.64. The fraction of sp³-hybridized carbons (Fsp3) is 0.485. The van der Waals surface area contributed by atoms with E-state index in [1.807, 2.05) is 69.0 Å². The van der Waals surface area contributed by atoms with Gasteiger partial charge in [-0.3, -0.25) is 28.3 Å². The summed E-state index contributed by atoms with van der Waals surface area (Å²) in [6, 6.07) is 17.9. The first-order valence-electron chi connectivity index (χ1n) is 32.2. The van der Waals surface area contributed by atoms with Crippen LogP contribution < -0.4 is 35.5 Å². The van der Waals surface area contributed by atoms with Gasteiger partial charge in [-0.2, -0.15) is 15.1 Å². The van der Waals surface area contributed by atoms with E-state index in [0.29, 0.717) is 47.6 Å². The summed E-state index contributed by atoms with van der Waals surface area (Å²) in [5.74, 6) is 1.17. The number of H-pyrrole nitrogens is 2. The van der Waals surface area contributed by atoms with E-state index in [1.54, 1.807) is 68.5 Å². The summed E-state index contributed by atoms with van der Waals surface area (Å²) in [7, 11) is -0.0329. The largest absolute Gasteiger partial charge is 0.469 e. The van der Waals surface area contributed by atoms with Gasteiger partial charge in [-0.15, -0.1) is 0 Å². The Morgan fingerprint density at radius 1 is 0.804 bits per heavy atom. The second-order valence-corrected chi connectivity index (χ2v) is 26.9. The van der Waals surface area contributed by atoms with Crippen LogP contribution in [0.25, 0.3) is 44.8 Å². The van der Waals surface area contributed by atoms with Crippen molar-refractivity contribution in [3.05, 3.63) is 97.1 Å². The van der Waals surface area contributed by atoms with Gasteiger partial charge in [0.05, 0.1) is 81.5 Å². The van der Waals surface area contributed by atoms with Crippen LogP contribution in [0.1, 0.15) is 117 Å². The van der Waals surface area contributed by atoms with Crippen LogP contribution in [0.2, 0.25) is 0 Å². The van der Waals surface area contributed by atoms with Crippen LogP contribution in [0, 0.1) is 17.8 Å². The Kier molecular flexibility index (Phi) is 21.9. The van der Waals surface area contributed by atoms with E-state index in [9.17, 15) is 33.6 Å². The third-order valence-corrected chi connectivity index (χ3v) is 19.1. The average molecular weight is 1360 g/mol. The Morgan fingerprint density at radius 2 is 1.42 bits per heavy atom. The van der Waals surface area contributed by atoms with E-state index >= 15 is 4.39 Å². The number of nitrogens with one attached hydrogen (secondary N) is 5. The highest BCUT2D eigenvalue weighted by atomic mass is 31.2. The van der Waals surface area contributed by atoms with Crippen molar-refractivity contribution in [2.24, 2.45) is 17.8 Å². The number of nitrogens with zero attached hydrogens (tertiary/aromatic N) is 8. The second-order valence-electron chi connectivity index (χ2n) is 25.2. The zero-order chi connectivity index (χ0) is 69.6. The molecule has 8 heterocycles. The zero-order valence-corrected chi connectivity index (χ0v) is 56.8. The molecule has 29 nitrogen and oxygen atoms in total. The summed E-state index contributed by atoms with van der Waals surface area (Å²) in [5.41, 5.74) is 9.06. The first-order chi connectivity index (χ1) is 46.3. The zero-order valence-electron chi connectivity index (χ0n) is 55.9. The quantitative estimate of drug-likeness (QED) is 0.0178. The van der Waals surface area contributed by atoms with Gasteiger partial charge in [-0.1, -0.05) is 70.2 Å². The number of halogens is 1. The molecule has 7 aromatic rings. The highest BCUT2D eigenvalue weighted by Crippen LogP contribution is 2.50. The number of imidazole rings is 3. The summed E-state index contributed by atoms with van der Waals surface area (Å²) in [6.45, 7) is 14.3. The van der Waals surface area contributed by atoms with Crippen molar-refractivity contribution in [1.82, 2.24) is 59.7 Å². The van der Waals surface area contributed by atoms with Crippen molar-refractivity contribution in [2.75, 3.05) is 58.8 Å². The van der Waals surface area contributed by atoms with Gasteiger partial charge >= 0.3 is 25.8 Å². The number of nitrogens with two attached hydrogens (primary N) is 1. The number of hydrogen-bond donors (Lipinski definition) is 7. The molecular weight excluding hydrogens is 1280 g/mol. The Hall–Kier alpha value is -9.22. The van der Waals surface area contributed by atoms with Crippen LogP contribution in [0.4, 0.5) is 21.0 Å². The molecule has 0 bridgehead atoms. The van der Waals surface area contributed by atoms with Crippen molar-refractivity contribution < 1.29 is 75.5 Å². The van der Waals surface area contributed by atoms with Gasteiger partial charge in [0.1, 0.15) is 41.7 Å². The first-order valence-corrected chi connectivity index (χ1v) is 33.7. The van der Waals surface area contributed by atoms with Crippen LogP contribution in [-0.4, -0.2) is 168 Å². The number of nitrogen functional groups attached to an aromatic ring is 1. The Morgan fingerprint density at radius 3 is 2.04 bits per heavy atom. The van der Waals surface area contributed by atoms with Crippen LogP contribution in [0.5, 0.6) is 17.2 Å². The van der Waals surface area contributed by atoms with Gasteiger partial charge in [-0.25, -0.2) is 28.7 Å². The molecule has 97 heavy (non-hydrogen) atoms. The number of carbonyl (C=O) groups excluding carboxylic acids is 5. The molecule has 3 fully saturated rings. The van der Waals surface area contributed by atoms with Gasteiger partial charge in [0.25, 0.3) is 0 Å². The summed E-state index contributed by atoms with van der Waals surface area (Å²) >= 11 is 0. The van der Waals surface area contributed by atoms with E-state index < -0.39 is 80.6 Å². The van der Waals surface area contributed by atoms with Crippen LogP contribution >= 0.6 is 7.75 Å². The minimum atomic E-state index is -4.28. The van der Waals surface area contributed by atoms with Gasteiger partial charge in [0, 0.05) is 31.3 Å². The number of aromatic nitrogens is 8. The molecule has 31 heteroatoms. The number of hydrogen-bond acceptors (Lipinski definition) is 22. The number of ether oxygens (including phenoxy) is 6. The lowest BCUT2D eigenvalue weighted by molar-refractivity contribution is -0.149. The topological polar surface area (TPSA) is 366 Å². The van der Waals surface area contributed by atoms with E-state index in [2.05, 4.69) is 45.6 Å². The SMILES string of the molecule is CNc1nc(N)nc2c1ncn2[C@@H]1O[C@H](CO[P@@](=O)(N[C@@H](C)C(=O)OC(C)C)Oc2ccccc2)[C@@H](O)[C@@]1(C)F.COC(=O)C[C@H](C(=O)N1CCC[C@H]1c1ncc(-c2ccc(-c3ccc(-c4cnc([C@@H]5CCCN5C(=O)[C@@H](NC(=O)OC)C(C)C)[nH]4)cc3)c3c2OCO3)[nH]1)C(C)C. The van der Waals surface area contributed by atoms with E-state index in [1.165, 1.54) is 32.0 Å². The molecule has 3 amide bonds. The van der Waals surface area contributed by atoms with Crippen LogP contribution in [0.3, 0.4) is 0 Å². The van der Waals surface area contributed by atoms with Crippen LogP contribution in [-0.2, 0) is 47.2 Å². The fourth-order valence-corrected chi connectivity index (χ4v) is 13.8. The van der Waals surface area contributed by atoms with E-state index in [-0.39, 0.29) is 66.3 Å². The number of alkyl carbamates (subject to hydrolysis) is 1. The summed E-state index contributed by atoms with van der Waals surface area (Å²) in [4.78, 5) is 96.1.